The van der Waals surface area contributed by atoms with Crippen molar-refractivity contribution in [2.24, 2.45) is 0 Å². The maximum absolute atomic E-state index is 11.1. The molecule has 0 saturated carbocycles. The maximum Gasteiger partial charge on any atom is 0.280 e. The fraction of sp³-hybridized carbons (Fsp3) is 0.133. The second kappa shape index (κ2) is 5.91. The summed E-state index contributed by atoms with van der Waals surface area (Å²) < 4.78 is 0. The van der Waals surface area contributed by atoms with Crippen molar-refractivity contribution in [2.45, 2.75) is 12.8 Å². The van der Waals surface area contributed by atoms with Gasteiger partial charge < -0.3 is 0 Å². The molecule has 0 fully saturated rings. The predicted molar refractivity (Wildman–Crippen MR) is 72.3 cm³/mol. The summed E-state index contributed by atoms with van der Waals surface area (Å²) in [5.74, 6) is 0. The molecule has 0 amide bonds. The number of carbonyl (C=O) groups excluding carboxylic acids is 1. The van der Waals surface area contributed by atoms with Crippen LogP contribution in [0, 0.1) is 10.1 Å². The summed E-state index contributed by atoms with van der Waals surface area (Å²) in [7, 11) is 0. The average Bonchev–Trinajstić information content (AvgIpc) is 2.45. The molecule has 0 heterocycles. The minimum absolute atomic E-state index is 0.124. The van der Waals surface area contributed by atoms with Crippen LogP contribution in [-0.4, -0.2) is 11.2 Å². The number of aldehydes is 1. The van der Waals surface area contributed by atoms with E-state index in [1.54, 1.807) is 12.1 Å². The van der Waals surface area contributed by atoms with Crippen LogP contribution in [0.5, 0.6) is 0 Å². The molecule has 0 aliphatic rings. The minimum atomic E-state index is -0.518. The zero-order valence-corrected chi connectivity index (χ0v) is 10.3. The molecular weight excluding hydrogens is 242 g/mol. The molecule has 0 bridgehead atoms. The van der Waals surface area contributed by atoms with Crippen molar-refractivity contribution in [3.63, 3.8) is 0 Å². The highest BCUT2D eigenvalue weighted by atomic mass is 16.6. The Labute approximate surface area is 110 Å². The number of nitro benzene ring substituents is 1. The summed E-state index contributed by atoms with van der Waals surface area (Å²) in [4.78, 5) is 21.4. The number of aryl methyl sites for hydroxylation is 2. The summed E-state index contributed by atoms with van der Waals surface area (Å²) in [6.45, 7) is 0. The molecule has 0 saturated heterocycles. The van der Waals surface area contributed by atoms with Crippen molar-refractivity contribution in [2.75, 3.05) is 0 Å². The molecule has 4 nitrogen and oxygen atoms in total. The number of hydrogen-bond acceptors (Lipinski definition) is 3. The van der Waals surface area contributed by atoms with Gasteiger partial charge in [-0.15, -0.1) is 0 Å². The van der Waals surface area contributed by atoms with E-state index in [4.69, 9.17) is 0 Å². The van der Waals surface area contributed by atoms with Crippen molar-refractivity contribution < 1.29 is 9.72 Å². The number of nitrogens with zero attached hydrogens (tertiary/aromatic N) is 1. The monoisotopic (exact) mass is 255 g/mol. The van der Waals surface area contributed by atoms with Crippen LogP contribution >= 0.6 is 0 Å². The van der Waals surface area contributed by atoms with Crippen molar-refractivity contribution in [3.05, 3.63) is 75.3 Å². The summed E-state index contributed by atoms with van der Waals surface area (Å²) in [6, 6.07) is 14.6. The smallest absolute Gasteiger partial charge is 0.280 e. The first-order chi connectivity index (χ1) is 9.22. The predicted octanol–water partition coefficient (Wildman–Crippen LogP) is 3.19. The first-order valence-electron chi connectivity index (χ1n) is 5.97. The van der Waals surface area contributed by atoms with E-state index in [1.807, 2.05) is 30.3 Å². The van der Waals surface area contributed by atoms with Crippen LogP contribution in [-0.2, 0) is 12.8 Å². The lowest BCUT2D eigenvalue weighted by molar-refractivity contribution is -0.385. The van der Waals surface area contributed by atoms with Gasteiger partial charge in [-0.1, -0.05) is 42.5 Å². The summed E-state index contributed by atoms with van der Waals surface area (Å²) in [5, 5.41) is 10.9. The number of carbonyl (C=O) groups is 1. The van der Waals surface area contributed by atoms with Crippen LogP contribution in [0.1, 0.15) is 21.5 Å². The van der Waals surface area contributed by atoms with Gasteiger partial charge in [0.25, 0.3) is 5.69 Å². The van der Waals surface area contributed by atoms with Crippen LogP contribution in [0.3, 0.4) is 0 Å². The summed E-state index contributed by atoms with van der Waals surface area (Å²) in [6.07, 6.45) is 1.93. The molecule has 4 heteroatoms. The first-order valence-corrected chi connectivity index (χ1v) is 5.97. The van der Waals surface area contributed by atoms with Gasteiger partial charge in [-0.2, -0.15) is 0 Å². The lowest BCUT2D eigenvalue weighted by atomic mass is 9.99. The fourth-order valence-electron chi connectivity index (χ4n) is 2.04. The zero-order valence-electron chi connectivity index (χ0n) is 10.3. The molecule has 0 N–H and O–H groups in total. The molecule has 2 rings (SSSR count). The van der Waals surface area contributed by atoms with Crippen molar-refractivity contribution >= 4 is 12.0 Å². The molecule has 2 aromatic rings. The maximum atomic E-state index is 11.1. The largest absolute Gasteiger partial charge is 0.298 e. The molecule has 19 heavy (non-hydrogen) atoms. The van der Waals surface area contributed by atoms with Crippen molar-refractivity contribution in [3.8, 4) is 0 Å². The lowest BCUT2D eigenvalue weighted by Gasteiger charge is -2.05. The molecule has 96 valence electrons. The van der Waals surface area contributed by atoms with Crippen LogP contribution < -0.4 is 0 Å². The van der Waals surface area contributed by atoms with Gasteiger partial charge in [0.1, 0.15) is 0 Å². The van der Waals surface area contributed by atoms with Crippen molar-refractivity contribution in [1.29, 1.82) is 0 Å². The Morgan fingerprint density at radius 1 is 1.00 bits per heavy atom. The molecule has 0 spiro atoms. The highest BCUT2D eigenvalue weighted by Crippen LogP contribution is 2.21. The van der Waals surface area contributed by atoms with E-state index in [-0.39, 0.29) is 11.3 Å². The van der Waals surface area contributed by atoms with Crippen LogP contribution in [0.15, 0.2) is 48.5 Å². The third-order valence-corrected chi connectivity index (χ3v) is 3.01. The van der Waals surface area contributed by atoms with E-state index in [1.165, 1.54) is 6.07 Å². The van der Waals surface area contributed by atoms with Gasteiger partial charge in [0.2, 0.25) is 0 Å². The topological polar surface area (TPSA) is 60.2 Å². The van der Waals surface area contributed by atoms with Gasteiger partial charge in [-0.05, 0) is 24.0 Å². The van der Waals surface area contributed by atoms with E-state index >= 15 is 0 Å². The van der Waals surface area contributed by atoms with Crippen LogP contribution in [0.25, 0.3) is 0 Å². The molecular formula is C15H13NO3. The molecule has 0 radical (unpaired) electrons. The minimum Gasteiger partial charge on any atom is -0.298 e. The molecule has 0 aromatic heterocycles. The first kappa shape index (κ1) is 13.0. The number of hydrogen-bond donors (Lipinski definition) is 0. The molecule has 0 unspecified atom stereocenters. The van der Waals surface area contributed by atoms with Crippen LogP contribution in [0.4, 0.5) is 5.69 Å². The quantitative estimate of drug-likeness (QED) is 0.468. The second-order valence-electron chi connectivity index (χ2n) is 4.21. The van der Waals surface area contributed by atoms with E-state index in [0.717, 1.165) is 12.0 Å². The van der Waals surface area contributed by atoms with Gasteiger partial charge in [-0.25, -0.2) is 0 Å². The number of rotatable bonds is 5. The molecule has 0 aliphatic heterocycles. The molecule has 0 aliphatic carbocycles. The Morgan fingerprint density at radius 3 is 2.37 bits per heavy atom. The highest BCUT2D eigenvalue weighted by molar-refractivity contribution is 5.83. The second-order valence-corrected chi connectivity index (χ2v) is 4.21. The van der Waals surface area contributed by atoms with Crippen LogP contribution in [0.2, 0.25) is 0 Å². The van der Waals surface area contributed by atoms with Gasteiger partial charge in [0.05, 0.1) is 10.5 Å². The van der Waals surface area contributed by atoms with Gasteiger partial charge in [-0.3, -0.25) is 14.9 Å². The van der Waals surface area contributed by atoms with E-state index < -0.39 is 4.92 Å². The normalized spacial score (nSPS) is 10.1. The lowest BCUT2D eigenvalue weighted by Crippen LogP contribution is -2.01. The number of nitro groups is 1. The Morgan fingerprint density at radius 2 is 1.74 bits per heavy atom. The third kappa shape index (κ3) is 3.04. The average molecular weight is 255 g/mol. The van der Waals surface area contributed by atoms with E-state index in [0.29, 0.717) is 18.3 Å². The Bertz CT molecular complexity index is 594. The van der Waals surface area contributed by atoms with Gasteiger partial charge in [0.15, 0.2) is 6.29 Å². The number of benzene rings is 2. The molecule has 2 aromatic carbocycles. The summed E-state index contributed by atoms with van der Waals surface area (Å²) >= 11 is 0. The Balaban J connectivity index is 2.23. The molecule has 0 atom stereocenters. The SMILES string of the molecule is O=Cc1c(CCc2ccccc2)cccc1[N+](=O)[O-]. The Hall–Kier alpha value is -2.49. The van der Waals surface area contributed by atoms with Gasteiger partial charge in [0, 0.05) is 6.07 Å². The van der Waals surface area contributed by atoms with E-state index in [9.17, 15) is 14.9 Å². The van der Waals surface area contributed by atoms with E-state index in [2.05, 4.69) is 0 Å². The third-order valence-electron chi connectivity index (χ3n) is 3.01. The fourth-order valence-corrected chi connectivity index (χ4v) is 2.04. The zero-order chi connectivity index (χ0) is 13.7. The summed E-state index contributed by atoms with van der Waals surface area (Å²) in [5.41, 5.74) is 1.92. The standard InChI is InChI=1S/C15H13NO3/c17-11-14-13(7-4-8-15(14)16(18)19)10-9-12-5-2-1-3-6-12/h1-8,11H,9-10H2. The highest BCUT2D eigenvalue weighted by Gasteiger charge is 2.16. The Kier molecular flexibility index (Phi) is 4.03. The van der Waals surface area contributed by atoms with Gasteiger partial charge >= 0.3 is 0 Å². The van der Waals surface area contributed by atoms with Crippen molar-refractivity contribution in [1.82, 2.24) is 0 Å².